The van der Waals surface area contributed by atoms with Crippen LogP contribution in [0.4, 0.5) is 0 Å². The fourth-order valence-electron chi connectivity index (χ4n) is 2.32. The van der Waals surface area contributed by atoms with E-state index >= 15 is 0 Å². The van der Waals surface area contributed by atoms with Crippen LogP contribution in [-0.4, -0.2) is 45.5 Å². The van der Waals surface area contributed by atoms with Gasteiger partial charge in [0.1, 0.15) is 11.5 Å². The number of nitrogens with one attached hydrogen (secondary N) is 1. The van der Waals surface area contributed by atoms with Gasteiger partial charge in [-0.15, -0.1) is 0 Å². The summed E-state index contributed by atoms with van der Waals surface area (Å²) in [7, 11) is 5.31. The predicted molar refractivity (Wildman–Crippen MR) is 78.4 cm³/mol. The summed E-state index contributed by atoms with van der Waals surface area (Å²) < 4.78 is 16.6. The zero-order chi connectivity index (χ0) is 13.7. The first kappa shape index (κ1) is 14.5. The summed E-state index contributed by atoms with van der Waals surface area (Å²) in [5.74, 6) is 3.76. The molecule has 0 radical (unpaired) electrons. The third-order valence-electron chi connectivity index (χ3n) is 3.30. The van der Waals surface area contributed by atoms with Crippen LogP contribution in [0, 0.1) is 0 Å². The van der Waals surface area contributed by atoms with Crippen molar-refractivity contribution in [2.45, 2.75) is 12.1 Å². The summed E-state index contributed by atoms with van der Waals surface area (Å²) in [6, 6.07) is 5.97. The molecule has 1 aromatic rings. The Morgan fingerprint density at radius 3 is 2.79 bits per heavy atom. The minimum absolute atomic E-state index is 0.109. The van der Waals surface area contributed by atoms with E-state index in [1.165, 1.54) is 0 Å². The molecular weight excluding hydrogens is 262 g/mol. The lowest BCUT2D eigenvalue weighted by molar-refractivity contribution is 0.0481. The molecule has 1 aliphatic heterocycles. The Bertz CT molecular complexity index is 408. The van der Waals surface area contributed by atoms with Crippen molar-refractivity contribution in [2.24, 2.45) is 0 Å². The van der Waals surface area contributed by atoms with Gasteiger partial charge in [0.2, 0.25) is 0 Å². The van der Waals surface area contributed by atoms with E-state index in [-0.39, 0.29) is 12.1 Å². The van der Waals surface area contributed by atoms with Crippen molar-refractivity contribution in [3.8, 4) is 11.5 Å². The van der Waals surface area contributed by atoms with Crippen LogP contribution in [0.15, 0.2) is 18.2 Å². The third kappa shape index (κ3) is 3.35. The number of ether oxygens (including phenoxy) is 3. The Morgan fingerprint density at radius 2 is 2.21 bits per heavy atom. The average Bonchev–Trinajstić information content (AvgIpc) is 2.49. The molecular formula is C14H21NO3S. The van der Waals surface area contributed by atoms with Crippen molar-refractivity contribution in [3.63, 3.8) is 0 Å². The molecule has 0 bridgehead atoms. The molecule has 0 spiro atoms. The number of methoxy groups -OCH3 is 2. The normalized spacial score (nSPS) is 20.9. The monoisotopic (exact) mass is 283 g/mol. The molecule has 2 rings (SSSR count). The van der Waals surface area contributed by atoms with Crippen LogP contribution >= 0.6 is 11.8 Å². The molecule has 1 heterocycles. The maximum Gasteiger partial charge on any atom is 0.124 e. The Kier molecular flexibility index (Phi) is 5.36. The highest BCUT2D eigenvalue weighted by Gasteiger charge is 2.27. The summed E-state index contributed by atoms with van der Waals surface area (Å²) in [5.41, 5.74) is 1.08. The molecule has 0 amide bonds. The molecule has 4 nitrogen and oxygen atoms in total. The zero-order valence-electron chi connectivity index (χ0n) is 11.6. The number of hydrogen-bond acceptors (Lipinski definition) is 5. The Hall–Kier alpha value is -0.910. The van der Waals surface area contributed by atoms with E-state index in [0.717, 1.165) is 35.2 Å². The highest BCUT2D eigenvalue weighted by molar-refractivity contribution is 7.99. The van der Waals surface area contributed by atoms with Crippen molar-refractivity contribution in [2.75, 3.05) is 39.4 Å². The van der Waals surface area contributed by atoms with Crippen LogP contribution in [0.1, 0.15) is 11.6 Å². The van der Waals surface area contributed by atoms with Gasteiger partial charge in [-0.3, -0.25) is 0 Å². The van der Waals surface area contributed by atoms with Gasteiger partial charge in [0, 0.05) is 17.1 Å². The Labute approximate surface area is 118 Å². The summed E-state index contributed by atoms with van der Waals surface area (Å²) >= 11 is 1.93. The lowest BCUT2D eigenvalue weighted by Gasteiger charge is -2.31. The van der Waals surface area contributed by atoms with Gasteiger partial charge in [-0.05, 0) is 25.2 Å². The van der Waals surface area contributed by atoms with Crippen LogP contribution in [-0.2, 0) is 4.74 Å². The molecule has 1 aromatic carbocycles. The number of benzene rings is 1. The maximum atomic E-state index is 5.88. The first-order valence-electron chi connectivity index (χ1n) is 6.38. The fraction of sp³-hybridized carbons (Fsp3) is 0.571. The van der Waals surface area contributed by atoms with Crippen molar-refractivity contribution in [1.82, 2.24) is 5.32 Å². The zero-order valence-corrected chi connectivity index (χ0v) is 12.5. The number of thioether (sulfide) groups is 1. The van der Waals surface area contributed by atoms with Crippen molar-refractivity contribution in [3.05, 3.63) is 23.8 Å². The highest BCUT2D eigenvalue weighted by Crippen LogP contribution is 2.33. The second-order valence-electron chi connectivity index (χ2n) is 4.36. The van der Waals surface area contributed by atoms with E-state index in [1.54, 1.807) is 14.2 Å². The second kappa shape index (κ2) is 7.03. The van der Waals surface area contributed by atoms with E-state index in [0.29, 0.717) is 0 Å². The van der Waals surface area contributed by atoms with Gasteiger partial charge in [-0.2, -0.15) is 11.8 Å². The summed E-state index contributed by atoms with van der Waals surface area (Å²) in [5, 5.41) is 3.34. The molecule has 5 heteroatoms. The molecule has 2 unspecified atom stereocenters. The smallest absolute Gasteiger partial charge is 0.124 e. The predicted octanol–water partition coefficient (Wildman–Crippen LogP) is 2.10. The SMILES string of the molecule is CNC(c1cc(OC)ccc1OC)C1CSCCO1. The molecule has 1 N–H and O–H groups in total. The van der Waals surface area contributed by atoms with E-state index in [4.69, 9.17) is 14.2 Å². The quantitative estimate of drug-likeness (QED) is 0.896. The molecule has 106 valence electrons. The average molecular weight is 283 g/mol. The topological polar surface area (TPSA) is 39.7 Å². The molecule has 2 atom stereocenters. The van der Waals surface area contributed by atoms with Crippen molar-refractivity contribution < 1.29 is 14.2 Å². The number of likely N-dealkylation sites (N-methyl/N-ethyl adjacent to an activating group) is 1. The van der Waals surface area contributed by atoms with Crippen molar-refractivity contribution >= 4 is 11.8 Å². The highest BCUT2D eigenvalue weighted by atomic mass is 32.2. The van der Waals surface area contributed by atoms with Crippen LogP contribution in [0.2, 0.25) is 0 Å². The van der Waals surface area contributed by atoms with Gasteiger partial charge >= 0.3 is 0 Å². The van der Waals surface area contributed by atoms with Crippen molar-refractivity contribution in [1.29, 1.82) is 0 Å². The molecule has 0 aliphatic carbocycles. The Morgan fingerprint density at radius 1 is 1.37 bits per heavy atom. The summed E-state index contributed by atoms with van der Waals surface area (Å²) in [6.07, 6.45) is 0.157. The van der Waals surface area contributed by atoms with Gasteiger partial charge < -0.3 is 19.5 Å². The molecule has 0 aromatic heterocycles. The van der Waals surface area contributed by atoms with E-state index in [9.17, 15) is 0 Å². The van der Waals surface area contributed by atoms with Crippen LogP contribution in [0.5, 0.6) is 11.5 Å². The van der Waals surface area contributed by atoms with Gasteiger partial charge in [0.15, 0.2) is 0 Å². The second-order valence-corrected chi connectivity index (χ2v) is 5.51. The molecule has 1 fully saturated rings. The van der Waals surface area contributed by atoms with Gasteiger partial charge in [0.05, 0.1) is 33.0 Å². The lowest BCUT2D eigenvalue weighted by atomic mass is 10.0. The third-order valence-corrected chi connectivity index (χ3v) is 4.32. The van der Waals surface area contributed by atoms with E-state index in [2.05, 4.69) is 5.32 Å². The van der Waals surface area contributed by atoms with Gasteiger partial charge in [-0.25, -0.2) is 0 Å². The Balaban J connectivity index is 2.29. The van der Waals surface area contributed by atoms with Crippen LogP contribution in [0.3, 0.4) is 0 Å². The largest absolute Gasteiger partial charge is 0.497 e. The number of rotatable bonds is 5. The molecule has 1 saturated heterocycles. The van der Waals surface area contributed by atoms with Gasteiger partial charge in [0.25, 0.3) is 0 Å². The molecule has 1 aliphatic rings. The van der Waals surface area contributed by atoms with Crippen LogP contribution < -0.4 is 14.8 Å². The standard InChI is InChI=1S/C14H21NO3S/c1-15-14(13-9-19-7-6-18-13)11-8-10(16-2)4-5-12(11)17-3/h4-5,8,13-15H,6-7,9H2,1-3H3. The van der Waals surface area contributed by atoms with E-state index < -0.39 is 0 Å². The van der Waals surface area contributed by atoms with Gasteiger partial charge in [-0.1, -0.05) is 0 Å². The number of hydrogen-bond donors (Lipinski definition) is 1. The minimum Gasteiger partial charge on any atom is -0.497 e. The maximum absolute atomic E-state index is 5.88. The van der Waals surface area contributed by atoms with Crippen LogP contribution in [0.25, 0.3) is 0 Å². The summed E-state index contributed by atoms with van der Waals surface area (Å²) in [6.45, 7) is 0.805. The minimum atomic E-state index is 0.109. The molecule has 0 saturated carbocycles. The lowest BCUT2D eigenvalue weighted by Crippen LogP contribution is -2.36. The summed E-state index contributed by atoms with van der Waals surface area (Å²) in [4.78, 5) is 0. The first-order valence-corrected chi connectivity index (χ1v) is 7.54. The fourth-order valence-corrected chi connectivity index (χ4v) is 3.22. The first-order chi connectivity index (χ1) is 9.30. The van der Waals surface area contributed by atoms with E-state index in [1.807, 2.05) is 37.0 Å². The molecule has 19 heavy (non-hydrogen) atoms.